The van der Waals surface area contributed by atoms with Crippen LogP contribution in [0.15, 0.2) is 0 Å². The standard InChI is InChI=1S/C15H26O4S/c1-10-7-15(4)11(6-12(10)16)8-14(2,3)9-13(15)19-20(5,17)18/h10-11,13H,6-9H2,1-5H3/t10-,11-,13+,15+/m1/s1. The van der Waals surface area contributed by atoms with Crippen molar-refractivity contribution in [2.24, 2.45) is 22.7 Å². The number of ketones is 1. The first-order chi connectivity index (χ1) is 8.93. The van der Waals surface area contributed by atoms with Crippen LogP contribution >= 0.6 is 0 Å². The maximum atomic E-state index is 12.0. The lowest BCUT2D eigenvalue weighted by Gasteiger charge is -2.55. The molecule has 0 aromatic carbocycles. The number of fused-ring (bicyclic) bond motifs is 1. The van der Waals surface area contributed by atoms with Gasteiger partial charge in [-0.15, -0.1) is 0 Å². The van der Waals surface area contributed by atoms with E-state index in [1.165, 1.54) is 0 Å². The van der Waals surface area contributed by atoms with E-state index in [9.17, 15) is 13.2 Å². The van der Waals surface area contributed by atoms with Crippen LogP contribution < -0.4 is 0 Å². The van der Waals surface area contributed by atoms with Crippen LogP contribution in [0.2, 0.25) is 0 Å². The first-order valence-corrected chi connectivity index (χ1v) is 9.16. The fourth-order valence-electron chi connectivity index (χ4n) is 4.16. The molecule has 0 radical (unpaired) electrons. The van der Waals surface area contributed by atoms with Crippen molar-refractivity contribution in [1.29, 1.82) is 0 Å². The van der Waals surface area contributed by atoms with E-state index in [2.05, 4.69) is 20.8 Å². The normalized spacial score (nSPS) is 41.2. The summed E-state index contributed by atoms with van der Waals surface area (Å²) in [5.41, 5.74) is -0.202. The molecule has 0 heterocycles. The van der Waals surface area contributed by atoms with Crippen LogP contribution in [-0.4, -0.2) is 26.6 Å². The van der Waals surface area contributed by atoms with Crippen molar-refractivity contribution >= 4 is 15.9 Å². The van der Waals surface area contributed by atoms with Gasteiger partial charge in [-0.05, 0) is 36.0 Å². The molecule has 0 aliphatic heterocycles. The van der Waals surface area contributed by atoms with Gasteiger partial charge >= 0.3 is 0 Å². The summed E-state index contributed by atoms with van der Waals surface area (Å²) in [7, 11) is -3.48. The zero-order chi connectivity index (χ0) is 15.3. The van der Waals surface area contributed by atoms with Gasteiger partial charge in [-0.3, -0.25) is 8.98 Å². The first-order valence-electron chi connectivity index (χ1n) is 7.34. The van der Waals surface area contributed by atoms with Crippen LogP contribution in [-0.2, 0) is 19.1 Å². The Kier molecular flexibility index (Phi) is 3.83. The lowest BCUT2D eigenvalue weighted by molar-refractivity contribution is -0.142. The van der Waals surface area contributed by atoms with Gasteiger partial charge in [-0.2, -0.15) is 8.42 Å². The fourth-order valence-corrected chi connectivity index (χ4v) is 4.87. The number of carbonyl (C=O) groups is 1. The Morgan fingerprint density at radius 3 is 2.30 bits per heavy atom. The van der Waals surface area contributed by atoms with Crippen LogP contribution in [0, 0.1) is 22.7 Å². The third-order valence-corrected chi connectivity index (χ3v) is 5.82. The molecule has 0 unspecified atom stereocenters. The summed E-state index contributed by atoms with van der Waals surface area (Å²) >= 11 is 0. The molecule has 2 fully saturated rings. The van der Waals surface area contributed by atoms with Crippen molar-refractivity contribution in [3.63, 3.8) is 0 Å². The molecule has 0 saturated heterocycles. The van der Waals surface area contributed by atoms with Crippen LogP contribution in [0.3, 0.4) is 0 Å². The third kappa shape index (κ3) is 3.08. The summed E-state index contributed by atoms with van der Waals surface area (Å²) in [5, 5.41) is 0. The molecule has 0 aromatic heterocycles. The van der Waals surface area contributed by atoms with E-state index in [-0.39, 0.29) is 28.8 Å². The topological polar surface area (TPSA) is 60.4 Å². The van der Waals surface area contributed by atoms with Crippen molar-refractivity contribution in [3.05, 3.63) is 0 Å². The molecule has 2 aliphatic carbocycles. The summed E-state index contributed by atoms with van der Waals surface area (Å²) < 4.78 is 28.6. The quantitative estimate of drug-likeness (QED) is 0.736. The van der Waals surface area contributed by atoms with Gasteiger partial charge in [0.25, 0.3) is 10.1 Å². The van der Waals surface area contributed by atoms with Gasteiger partial charge in [-0.1, -0.05) is 27.7 Å². The number of rotatable bonds is 2. The molecule has 0 spiro atoms. The summed E-state index contributed by atoms with van der Waals surface area (Å²) in [6.07, 6.45) is 3.78. The highest BCUT2D eigenvalue weighted by atomic mass is 32.2. The highest BCUT2D eigenvalue weighted by Gasteiger charge is 2.54. The number of hydrogen-bond acceptors (Lipinski definition) is 4. The molecule has 0 amide bonds. The summed E-state index contributed by atoms with van der Waals surface area (Å²) in [4.78, 5) is 12.0. The summed E-state index contributed by atoms with van der Waals surface area (Å²) in [6.45, 7) is 8.31. The third-order valence-electron chi connectivity index (χ3n) is 5.24. The molecule has 0 bridgehead atoms. The Hall–Kier alpha value is -0.420. The lowest BCUT2D eigenvalue weighted by atomic mass is 9.52. The van der Waals surface area contributed by atoms with Crippen LogP contribution in [0.4, 0.5) is 0 Å². The van der Waals surface area contributed by atoms with Gasteiger partial charge in [0.2, 0.25) is 0 Å². The molecule has 0 aromatic rings. The maximum absolute atomic E-state index is 12.0. The molecular formula is C15H26O4S. The Morgan fingerprint density at radius 2 is 1.75 bits per heavy atom. The highest BCUT2D eigenvalue weighted by molar-refractivity contribution is 7.86. The molecule has 116 valence electrons. The minimum absolute atomic E-state index is 0.00289. The molecular weight excluding hydrogens is 276 g/mol. The van der Waals surface area contributed by atoms with Crippen LogP contribution in [0.25, 0.3) is 0 Å². The average Bonchev–Trinajstić information content (AvgIpc) is 2.20. The molecule has 4 nitrogen and oxygen atoms in total. The van der Waals surface area contributed by atoms with E-state index < -0.39 is 10.1 Å². The van der Waals surface area contributed by atoms with Crippen molar-refractivity contribution in [2.75, 3.05) is 6.26 Å². The predicted molar refractivity (Wildman–Crippen MR) is 77.7 cm³/mol. The van der Waals surface area contributed by atoms with Gasteiger partial charge in [0.1, 0.15) is 5.78 Å². The van der Waals surface area contributed by atoms with Gasteiger partial charge in [0.05, 0.1) is 12.4 Å². The van der Waals surface area contributed by atoms with Gasteiger partial charge in [0, 0.05) is 12.3 Å². The van der Waals surface area contributed by atoms with Crippen molar-refractivity contribution in [2.45, 2.75) is 59.5 Å². The largest absolute Gasteiger partial charge is 0.299 e. The van der Waals surface area contributed by atoms with E-state index in [1.807, 2.05) is 6.92 Å². The second-order valence-electron chi connectivity index (χ2n) is 7.84. The predicted octanol–water partition coefficient (Wildman–Crippen LogP) is 2.77. The number of Topliss-reactive ketones (excluding diaryl/α,β-unsaturated/α-hetero) is 1. The Balaban J connectivity index is 2.35. The Morgan fingerprint density at radius 1 is 1.15 bits per heavy atom. The Bertz CT molecular complexity index is 508. The minimum Gasteiger partial charge on any atom is -0.299 e. The smallest absolute Gasteiger partial charge is 0.264 e. The van der Waals surface area contributed by atoms with Gasteiger partial charge < -0.3 is 0 Å². The second kappa shape index (κ2) is 4.80. The molecule has 20 heavy (non-hydrogen) atoms. The fraction of sp³-hybridized carbons (Fsp3) is 0.933. The van der Waals surface area contributed by atoms with Gasteiger partial charge in [-0.25, -0.2) is 0 Å². The van der Waals surface area contributed by atoms with Gasteiger partial charge in [0.15, 0.2) is 0 Å². The Labute approximate surface area is 122 Å². The molecule has 4 atom stereocenters. The van der Waals surface area contributed by atoms with Crippen LogP contribution in [0.5, 0.6) is 0 Å². The van der Waals surface area contributed by atoms with Crippen LogP contribution in [0.1, 0.15) is 53.4 Å². The highest BCUT2D eigenvalue weighted by Crippen LogP contribution is 2.56. The number of hydrogen-bond donors (Lipinski definition) is 0. The first kappa shape index (κ1) is 16.0. The molecule has 2 aliphatic rings. The lowest BCUT2D eigenvalue weighted by Crippen LogP contribution is -2.54. The van der Waals surface area contributed by atoms with Crippen molar-refractivity contribution in [1.82, 2.24) is 0 Å². The molecule has 5 heteroatoms. The maximum Gasteiger partial charge on any atom is 0.264 e. The van der Waals surface area contributed by atoms with Crippen molar-refractivity contribution < 1.29 is 17.4 Å². The molecule has 2 saturated carbocycles. The zero-order valence-corrected chi connectivity index (χ0v) is 13.9. The van der Waals surface area contributed by atoms with E-state index in [4.69, 9.17) is 4.18 Å². The summed E-state index contributed by atoms with van der Waals surface area (Å²) in [6, 6.07) is 0. The van der Waals surface area contributed by atoms with E-state index in [1.54, 1.807) is 0 Å². The SMILES string of the molecule is C[C@@H]1C[C@@]2(C)[C@H](CC1=O)CC(C)(C)C[C@@H]2OS(C)(=O)=O. The molecule has 0 N–H and O–H groups in total. The monoisotopic (exact) mass is 302 g/mol. The minimum atomic E-state index is -3.48. The van der Waals surface area contributed by atoms with E-state index in [0.717, 1.165) is 25.5 Å². The second-order valence-corrected chi connectivity index (χ2v) is 9.44. The average molecular weight is 302 g/mol. The van der Waals surface area contributed by atoms with Crippen molar-refractivity contribution in [3.8, 4) is 0 Å². The number of carbonyl (C=O) groups excluding carboxylic acids is 1. The van der Waals surface area contributed by atoms with E-state index >= 15 is 0 Å². The summed E-state index contributed by atoms with van der Waals surface area (Å²) in [5.74, 6) is 0.535. The van der Waals surface area contributed by atoms with E-state index in [0.29, 0.717) is 12.2 Å². The zero-order valence-electron chi connectivity index (χ0n) is 13.1. The molecule has 2 rings (SSSR count).